The molecule has 0 amide bonds. The third-order valence-electron chi connectivity index (χ3n) is 5.00. The van der Waals surface area contributed by atoms with E-state index in [0.29, 0.717) is 6.04 Å². The SMILES string of the molecule is CC1CC1CN1CC2CCCC(N)C2C1.Cl. The third-order valence-corrected chi connectivity index (χ3v) is 5.00. The number of halogens is 1. The Bertz CT molecular complexity index is 246. The molecule has 0 aromatic carbocycles. The van der Waals surface area contributed by atoms with Gasteiger partial charge < -0.3 is 10.6 Å². The summed E-state index contributed by atoms with van der Waals surface area (Å²) in [5, 5.41) is 0. The van der Waals surface area contributed by atoms with E-state index in [0.717, 1.165) is 23.7 Å². The Kier molecular flexibility index (Phi) is 3.82. The van der Waals surface area contributed by atoms with Crippen LogP contribution in [0.4, 0.5) is 0 Å². The van der Waals surface area contributed by atoms with Crippen molar-refractivity contribution >= 4 is 12.4 Å². The van der Waals surface area contributed by atoms with Crippen LogP contribution < -0.4 is 5.73 Å². The van der Waals surface area contributed by atoms with Crippen molar-refractivity contribution in [2.45, 2.75) is 38.6 Å². The molecule has 1 heterocycles. The normalized spacial score (nSPS) is 47.2. The van der Waals surface area contributed by atoms with E-state index in [4.69, 9.17) is 5.73 Å². The Balaban J connectivity index is 0.000000963. The van der Waals surface area contributed by atoms with Crippen LogP contribution in [0.25, 0.3) is 0 Å². The average molecular weight is 245 g/mol. The molecule has 0 aromatic rings. The van der Waals surface area contributed by atoms with E-state index in [1.807, 2.05) is 0 Å². The van der Waals surface area contributed by atoms with Gasteiger partial charge in [-0.2, -0.15) is 0 Å². The molecule has 0 bridgehead atoms. The molecule has 2 aliphatic carbocycles. The summed E-state index contributed by atoms with van der Waals surface area (Å²) >= 11 is 0. The zero-order valence-corrected chi connectivity index (χ0v) is 11.1. The fourth-order valence-corrected chi connectivity index (χ4v) is 3.74. The highest BCUT2D eigenvalue weighted by atomic mass is 35.5. The van der Waals surface area contributed by atoms with Crippen molar-refractivity contribution in [2.24, 2.45) is 29.4 Å². The van der Waals surface area contributed by atoms with Gasteiger partial charge in [0.15, 0.2) is 0 Å². The Morgan fingerprint density at radius 2 is 2.00 bits per heavy atom. The monoisotopic (exact) mass is 244 g/mol. The second kappa shape index (κ2) is 4.83. The summed E-state index contributed by atoms with van der Waals surface area (Å²) in [6.07, 6.45) is 5.55. The molecule has 2 nitrogen and oxygen atoms in total. The minimum atomic E-state index is 0. The first-order valence-electron chi connectivity index (χ1n) is 6.72. The van der Waals surface area contributed by atoms with Crippen LogP contribution >= 0.6 is 12.4 Å². The van der Waals surface area contributed by atoms with Crippen LogP contribution in [-0.4, -0.2) is 30.6 Å². The molecular weight excluding hydrogens is 220 g/mol. The van der Waals surface area contributed by atoms with Gasteiger partial charge in [0, 0.05) is 25.7 Å². The number of likely N-dealkylation sites (tertiary alicyclic amines) is 1. The van der Waals surface area contributed by atoms with Gasteiger partial charge in [0.2, 0.25) is 0 Å². The van der Waals surface area contributed by atoms with Crippen LogP contribution in [0.2, 0.25) is 0 Å². The van der Waals surface area contributed by atoms with E-state index < -0.39 is 0 Å². The van der Waals surface area contributed by atoms with Crippen molar-refractivity contribution < 1.29 is 0 Å². The Morgan fingerprint density at radius 1 is 1.25 bits per heavy atom. The summed E-state index contributed by atoms with van der Waals surface area (Å²) in [6.45, 7) is 6.40. The molecule has 3 fully saturated rings. The van der Waals surface area contributed by atoms with Crippen molar-refractivity contribution in [3.8, 4) is 0 Å². The van der Waals surface area contributed by atoms with Crippen LogP contribution in [0, 0.1) is 23.7 Å². The standard InChI is InChI=1S/C13H24N2.ClH/c1-9-5-11(9)7-15-6-10-3-2-4-13(14)12(10)8-15;/h9-13H,2-8,14H2,1H3;1H. The molecule has 3 rings (SSSR count). The van der Waals surface area contributed by atoms with Crippen LogP contribution in [0.15, 0.2) is 0 Å². The van der Waals surface area contributed by atoms with Gasteiger partial charge in [-0.3, -0.25) is 0 Å². The smallest absolute Gasteiger partial charge is 0.00825 e. The summed E-state index contributed by atoms with van der Waals surface area (Å²) in [4.78, 5) is 2.70. The molecule has 2 N–H and O–H groups in total. The number of hydrogen-bond acceptors (Lipinski definition) is 2. The van der Waals surface area contributed by atoms with Gasteiger partial charge in [-0.1, -0.05) is 13.3 Å². The molecule has 3 heteroatoms. The zero-order chi connectivity index (χ0) is 10.4. The van der Waals surface area contributed by atoms with E-state index in [1.54, 1.807) is 0 Å². The summed E-state index contributed by atoms with van der Waals surface area (Å²) in [5.41, 5.74) is 6.23. The largest absolute Gasteiger partial charge is 0.327 e. The molecule has 3 aliphatic rings. The molecule has 0 aromatic heterocycles. The van der Waals surface area contributed by atoms with Crippen molar-refractivity contribution in [1.82, 2.24) is 4.90 Å². The van der Waals surface area contributed by atoms with E-state index in [1.165, 1.54) is 45.3 Å². The van der Waals surface area contributed by atoms with E-state index in [2.05, 4.69) is 11.8 Å². The molecule has 2 saturated carbocycles. The minimum Gasteiger partial charge on any atom is -0.327 e. The molecule has 1 aliphatic heterocycles. The van der Waals surface area contributed by atoms with Crippen molar-refractivity contribution in [2.75, 3.05) is 19.6 Å². The lowest BCUT2D eigenvalue weighted by Gasteiger charge is -2.29. The number of nitrogens with two attached hydrogens (primary N) is 1. The first-order chi connectivity index (χ1) is 7.24. The number of rotatable bonds is 2. The summed E-state index contributed by atoms with van der Waals surface area (Å²) < 4.78 is 0. The van der Waals surface area contributed by atoms with Gasteiger partial charge >= 0.3 is 0 Å². The zero-order valence-electron chi connectivity index (χ0n) is 10.3. The molecule has 1 saturated heterocycles. The minimum absolute atomic E-state index is 0. The average Bonchev–Trinajstić information content (AvgIpc) is 2.75. The Labute approximate surface area is 105 Å². The van der Waals surface area contributed by atoms with Gasteiger partial charge in [-0.05, 0) is 42.9 Å². The topological polar surface area (TPSA) is 29.3 Å². The molecule has 16 heavy (non-hydrogen) atoms. The lowest BCUT2D eigenvalue weighted by Crippen LogP contribution is -2.38. The lowest BCUT2D eigenvalue weighted by atomic mass is 9.78. The maximum atomic E-state index is 6.23. The second-order valence-corrected chi connectivity index (χ2v) is 6.21. The maximum absolute atomic E-state index is 6.23. The molecule has 5 atom stereocenters. The third kappa shape index (κ3) is 2.39. The Hall–Kier alpha value is 0.210. The lowest BCUT2D eigenvalue weighted by molar-refractivity contribution is 0.259. The molecule has 0 radical (unpaired) electrons. The summed E-state index contributed by atoms with van der Waals surface area (Å²) in [6, 6.07) is 0.505. The van der Waals surface area contributed by atoms with E-state index in [-0.39, 0.29) is 12.4 Å². The highest BCUT2D eigenvalue weighted by Gasteiger charge is 2.41. The maximum Gasteiger partial charge on any atom is 0.00825 e. The quantitative estimate of drug-likeness (QED) is 0.807. The van der Waals surface area contributed by atoms with Gasteiger partial charge in [0.05, 0.1) is 0 Å². The van der Waals surface area contributed by atoms with Crippen LogP contribution in [0.5, 0.6) is 0 Å². The van der Waals surface area contributed by atoms with E-state index >= 15 is 0 Å². The summed E-state index contributed by atoms with van der Waals surface area (Å²) in [7, 11) is 0. The molecule has 0 spiro atoms. The van der Waals surface area contributed by atoms with Crippen LogP contribution in [0.3, 0.4) is 0 Å². The fourth-order valence-electron chi connectivity index (χ4n) is 3.74. The number of hydrogen-bond donors (Lipinski definition) is 1. The van der Waals surface area contributed by atoms with Crippen molar-refractivity contribution in [3.63, 3.8) is 0 Å². The predicted octanol–water partition coefficient (Wildman–Crippen LogP) is 2.12. The number of fused-ring (bicyclic) bond motifs is 1. The number of nitrogens with zero attached hydrogens (tertiary/aromatic N) is 1. The molecule has 5 unspecified atom stereocenters. The second-order valence-electron chi connectivity index (χ2n) is 6.21. The van der Waals surface area contributed by atoms with Crippen LogP contribution in [-0.2, 0) is 0 Å². The first-order valence-corrected chi connectivity index (χ1v) is 6.72. The molecule has 94 valence electrons. The van der Waals surface area contributed by atoms with Gasteiger partial charge in [0.1, 0.15) is 0 Å². The Morgan fingerprint density at radius 3 is 2.62 bits per heavy atom. The highest BCUT2D eigenvalue weighted by molar-refractivity contribution is 5.85. The van der Waals surface area contributed by atoms with Gasteiger partial charge in [0.25, 0.3) is 0 Å². The highest BCUT2D eigenvalue weighted by Crippen LogP contribution is 2.41. The van der Waals surface area contributed by atoms with Crippen molar-refractivity contribution in [3.05, 3.63) is 0 Å². The van der Waals surface area contributed by atoms with E-state index in [9.17, 15) is 0 Å². The van der Waals surface area contributed by atoms with Gasteiger partial charge in [-0.25, -0.2) is 0 Å². The van der Waals surface area contributed by atoms with Crippen LogP contribution in [0.1, 0.15) is 32.6 Å². The summed E-state index contributed by atoms with van der Waals surface area (Å²) in [5.74, 6) is 3.78. The first kappa shape index (κ1) is 12.7. The van der Waals surface area contributed by atoms with Crippen molar-refractivity contribution in [1.29, 1.82) is 0 Å². The fraction of sp³-hybridized carbons (Fsp3) is 1.00. The van der Waals surface area contributed by atoms with Gasteiger partial charge in [-0.15, -0.1) is 12.4 Å². The predicted molar refractivity (Wildman–Crippen MR) is 69.8 cm³/mol. The molecular formula is C13H25ClN2.